The Kier molecular flexibility index (Phi) is 4.23. The molecule has 18 heavy (non-hydrogen) atoms. The number of morpholine rings is 1. The number of aryl methyl sites for hydroxylation is 1. The average molecular weight is 295 g/mol. The highest BCUT2D eigenvalue weighted by Gasteiger charge is 2.24. The quantitative estimate of drug-likeness (QED) is 0.770. The van der Waals surface area contributed by atoms with Crippen molar-refractivity contribution in [3.63, 3.8) is 0 Å². The minimum absolute atomic E-state index is 0.0343. The van der Waals surface area contributed by atoms with E-state index in [2.05, 4.69) is 15.1 Å². The number of rotatable bonds is 4. The van der Waals surface area contributed by atoms with Crippen LogP contribution in [0.5, 0.6) is 0 Å². The van der Waals surface area contributed by atoms with E-state index < -0.39 is 10.0 Å². The third kappa shape index (κ3) is 3.01. The number of halogens is 1. The predicted molar refractivity (Wildman–Crippen MR) is 66.0 cm³/mol. The van der Waals surface area contributed by atoms with Crippen LogP contribution >= 0.6 is 11.6 Å². The summed E-state index contributed by atoms with van der Waals surface area (Å²) in [5, 5.41) is 6.99. The molecule has 0 radical (unpaired) electrons. The Labute approximate surface area is 110 Å². The summed E-state index contributed by atoms with van der Waals surface area (Å²) in [5.41, 5.74) is 0. The molecule has 2 rings (SSSR count). The number of nitrogens with zero attached hydrogens (tertiary/aromatic N) is 2. The lowest BCUT2D eigenvalue weighted by Gasteiger charge is -2.23. The lowest BCUT2D eigenvalue weighted by molar-refractivity contribution is 0.0324. The molecule has 9 heteroatoms. The van der Waals surface area contributed by atoms with E-state index in [1.807, 2.05) is 0 Å². The van der Waals surface area contributed by atoms with Gasteiger partial charge < -0.3 is 10.1 Å². The highest BCUT2D eigenvalue weighted by molar-refractivity contribution is 7.89. The third-order valence-electron chi connectivity index (χ3n) is 2.60. The fourth-order valence-electron chi connectivity index (χ4n) is 1.72. The first-order valence-electron chi connectivity index (χ1n) is 5.50. The molecule has 0 aromatic carbocycles. The van der Waals surface area contributed by atoms with E-state index in [9.17, 15) is 8.42 Å². The van der Waals surface area contributed by atoms with Crippen LogP contribution in [-0.4, -0.2) is 50.5 Å². The Morgan fingerprint density at radius 1 is 1.72 bits per heavy atom. The Hall–Kier alpha value is -0.670. The second-order valence-electron chi connectivity index (χ2n) is 3.97. The van der Waals surface area contributed by atoms with Gasteiger partial charge in [-0.1, -0.05) is 11.6 Å². The van der Waals surface area contributed by atoms with Crippen LogP contribution in [0.2, 0.25) is 5.02 Å². The van der Waals surface area contributed by atoms with Crippen molar-refractivity contribution in [1.29, 1.82) is 0 Å². The van der Waals surface area contributed by atoms with E-state index in [0.29, 0.717) is 13.2 Å². The number of aromatic nitrogens is 2. The first-order chi connectivity index (χ1) is 8.50. The van der Waals surface area contributed by atoms with Gasteiger partial charge in [0.2, 0.25) is 0 Å². The zero-order valence-corrected chi connectivity index (χ0v) is 11.5. The zero-order chi connectivity index (χ0) is 13.2. The highest BCUT2D eigenvalue weighted by atomic mass is 35.5. The summed E-state index contributed by atoms with van der Waals surface area (Å²) in [6, 6.07) is 0. The molecule has 0 spiro atoms. The predicted octanol–water partition coefficient (Wildman–Crippen LogP) is -0.660. The van der Waals surface area contributed by atoms with Gasteiger partial charge >= 0.3 is 0 Å². The molecule has 2 N–H and O–H groups in total. The van der Waals surface area contributed by atoms with Crippen molar-refractivity contribution in [2.75, 3.05) is 26.2 Å². The summed E-state index contributed by atoms with van der Waals surface area (Å²) in [5.74, 6) is 0. The van der Waals surface area contributed by atoms with Gasteiger partial charge in [0.05, 0.1) is 23.9 Å². The molecule has 0 amide bonds. The summed E-state index contributed by atoms with van der Waals surface area (Å²) in [4.78, 5) is 0. The molecule has 1 atom stereocenters. The first kappa shape index (κ1) is 13.8. The van der Waals surface area contributed by atoms with Crippen LogP contribution in [0.3, 0.4) is 0 Å². The minimum Gasteiger partial charge on any atom is -0.374 e. The summed E-state index contributed by atoms with van der Waals surface area (Å²) >= 11 is 5.81. The topological polar surface area (TPSA) is 85.2 Å². The molecule has 1 fully saturated rings. The van der Waals surface area contributed by atoms with Gasteiger partial charge in [-0.3, -0.25) is 4.68 Å². The fraction of sp³-hybridized carbons (Fsp3) is 0.667. The van der Waals surface area contributed by atoms with Crippen LogP contribution < -0.4 is 10.0 Å². The maximum absolute atomic E-state index is 12.0. The number of hydrogen-bond acceptors (Lipinski definition) is 5. The number of ether oxygens (including phenoxy) is 1. The van der Waals surface area contributed by atoms with Gasteiger partial charge in [-0.2, -0.15) is 5.10 Å². The Morgan fingerprint density at radius 2 is 2.50 bits per heavy atom. The zero-order valence-electron chi connectivity index (χ0n) is 9.89. The van der Waals surface area contributed by atoms with E-state index in [1.165, 1.54) is 17.9 Å². The third-order valence-corrected chi connectivity index (χ3v) is 4.53. The molecule has 1 saturated heterocycles. The molecule has 0 aliphatic carbocycles. The average Bonchev–Trinajstić information content (AvgIpc) is 2.69. The molecule has 1 unspecified atom stereocenters. The van der Waals surface area contributed by atoms with Gasteiger partial charge in [0.15, 0.2) is 5.03 Å². The van der Waals surface area contributed by atoms with E-state index in [4.69, 9.17) is 16.3 Å². The molecule has 2 heterocycles. The molecule has 1 aliphatic heterocycles. The largest absolute Gasteiger partial charge is 0.374 e. The number of sulfonamides is 1. The molecule has 1 aliphatic rings. The van der Waals surface area contributed by atoms with Gasteiger partial charge in [0.1, 0.15) is 0 Å². The van der Waals surface area contributed by atoms with Gasteiger partial charge in [0, 0.05) is 26.7 Å². The molecule has 0 saturated carbocycles. The summed E-state index contributed by atoms with van der Waals surface area (Å²) < 4.78 is 33.2. The maximum Gasteiger partial charge on any atom is 0.259 e. The molecule has 1 aromatic heterocycles. The molecule has 1 aromatic rings. The second kappa shape index (κ2) is 5.54. The van der Waals surface area contributed by atoms with Crippen LogP contribution in [0.15, 0.2) is 11.2 Å². The standard InChI is InChI=1S/C9H15ClN4O3S/c1-14-9(8(10)6-12-14)18(15,16)13-5-7-4-11-2-3-17-7/h6-7,11,13H,2-5H2,1H3. The minimum atomic E-state index is -3.67. The van der Waals surface area contributed by atoms with E-state index >= 15 is 0 Å². The number of nitrogens with one attached hydrogen (secondary N) is 2. The molecule has 102 valence electrons. The van der Waals surface area contributed by atoms with Crippen molar-refractivity contribution >= 4 is 21.6 Å². The van der Waals surface area contributed by atoms with Gasteiger partial charge in [0.25, 0.3) is 10.0 Å². The van der Waals surface area contributed by atoms with Gasteiger partial charge in [-0.05, 0) is 0 Å². The van der Waals surface area contributed by atoms with Crippen molar-refractivity contribution in [2.45, 2.75) is 11.1 Å². The lowest BCUT2D eigenvalue weighted by atomic mass is 10.3. The highest BCUT2D eigenvalue weighted by Crippen LogP contribution is 2.19. The molecular weight excluding hydrogens is 280 g/mol. The smallest absolute Gasteiger partial charge is 0.259 e. The fourth-order valence-corrected chi connectivity index (χ4v) is 3.44. The first-order valence-corrected chi connectivity index (χ1v) is 7.36. The van der Waals surface area contributed by atoms with Crippen molar-refractivity contribution in [1.82, 2.24) is 19.8 Å². The maximum atomic E-state index is 12.0. The monoisotopic (exact) mass is 294 g/mol. The Balaban J connectivity index is 2.03. The summed E-state index contributed by atoms with van der Waals surface area (Å²) in [6.07, 6.45) is 1.13. The van der Waals surface area contributed by atoms with Crippen LogP contribution in [-0.2, 0) is 21.8 Å². The van der Waals surface area contributed by atoms with Crippen LogP contribution in [0.4, 0.5) is 0 Å². The van der Waals surface area contributed by atoms with Crippen molar-refractivity contribution in [2.24, 2.45) is 7.05 Å². The van der Waals surface area contributed by atoms with Crippen LogP contribution in [0, 0.1) is 0 Å². The SMILES string of the molecule is Cn1ncc(Cl)c1S(=O)(=O)NCC1CNCCO1. The summed E-state index contributed by atoms with van der Waals surface area (Å²) in [6.45, 7) is 2.20. The second-order valence-corrected chi connectivity index (χ2v) is 6.06. The van der Waals surface area contributed by atoms with E-state index in [1.54, 1.807) is 0 Å². The summed E-state index contributed by atoms with van der Waals surface area (Å²) in [7, 11) is -2.14. The molecular formula is C9H15ClN4O3S. The van der Waals surface area contributed by atoms with Gasteiger partial charge in [-0.25, -0.2) is 13.1 Å². The lowest BCUT2D eigenvalue weighted by Crippen LogP contribution is -2.45. The Bertz CT molecular complexity index is 490. The normalized spacial score (nSPS) is 21.1. The van der Waals surface area contributed by atoms with Crippen LogP contribution in [0.1, 0.15) is 0 Å². The Morgan fingerprint density at radius 3 is 3.06 bits per heavy atom. The van der Waals surface area contributed by atoms with Gasteiger partial charge in [-0.15, -0.1) is 0 Å². The van der Waals surface area contributed by atoms with Crippen molar-refractivity contribution in [3.05, 3.63) is 11.2 Å². The molecule has 0 bridgehead atoms. The molecule has 7 nitrogen and oxygen atoms in total. The van der Waals surface area contributed by atoms with Crippen molar-refractivity contribution in [3.8, 4) is 0 Å². The number of hydrogen-bond donors (Lipinski definition) is 2. The van der Waals surface area contributed by atoms with Crippen LogP contribution in [0.25, 0.3) is 0 Å². The van der Waals surface area contributed by atoms with Crippen molar-refractivity contribution < 1.29 is 13.2 Å². The van der Waals surface area contributed by atoms with E-state index in [0.717, 1.165) is 6.54 Å². The van der Waals surface area contributed by atoms with E-state index in [-0.39, 0.29) is 22.7 Å².